The number of nitrogens with two attached hydrogens (primary N) is 1. The first-order valence-electron chi connectivity index (χ1n) is 3.28. The van der Waals surface area contributed by atoms with Crippen LogP contribution in [0.2, 0.25) is 0 Å². The molecular formula is C4H13N5O2. The second-order valence-electron chi connectivity index (χ2n) is 1.81. The molecule has 0 rings (SSSR count). The largest absolute Gasteiger partial charge is 0.569 e. The minimum Gasteiger partial charge on any atom is -0.569 e. The topological polar surface area (TPSA) is 109 Å². The standard InChI is InChI=1S/C4H13N5O2/c5-1-2-6-3-4-7-9(11)8-10/h6,10H,1-5H2,(H,7,8). The molecule has 0 atom stereocenters. The molecule has 11 heavy (non-hydrogen) atoms. The maximum atomic E-state index is 10.2. The van der Waals surface area contributed by atoms with Crippen molar-refractivity contribution in [3.8, 4) is 0 Å². The molecule has 0 unspecified atom stereocenters. The smallest absolute Gasteiger partial charge is 0.230 e. The normalized spacial score (nSPS) is 11.5. The molecule has 0 aromatic carbocycles. The summed E-state index contributed by atoms with van der Waals surface area (Å²) in [7, 11) is 0. The molecule has 0 aliphatic carbocycles. The Bertz CT molecular complexity index is 117. The van der Waals surface area contributed by atoms with Gasteiger partial charge in [-0.15, -0.1) is 0 Å². The third kappa shape index (κ3) is 6.81. The van der Waals surface area contributed by atoms with Crippen molar-refractivity contribution in [2.45, 2.75) is 0 Å². The summed E-state index contributed by atoms with van der Waals surface area (Å²) in [5.74, 6) is 0. The molecule has 7 nitrogen and oxygen atoms in total. The summed E-state index contributed by atoms with van der Waals surface area (Å²) in [5, 5.41) is 23.3. The minimum atomic E-state index is -0.00980. The van der Waals surface area contributed by atoms with Crippen molar-refractivity contribution >= 4 is 0 Å². The van der Waals surface area contributed by atoms with Gasteiger partial charge in [0.2, 0.25) is 5.28 Å². The number of hydrogen-bond donors (Lipinski definition) is 4. The van der Waals surface area contributed by atoms with Gasteiger partial charge in [-0.05, 0) is 0 Å². The van der Waals surface area contributed by atoms with Crippen LogP contribution < -0.4 is 16.5 Å². The van der Waals surface area contributed by atoms with E-state index in [0.29, 0.717) is 26.2 Å². The Balaban J connectivity index is 3.02. The Labute approximate surface area is 64.4 Å². The van der Waals surface area contributed by atoms with Crippen LogP contribution in [0.1, 0.15) is 0 Å². The van der Waals surface area contributed by atoms with Crippen LogP contribution in [0.15, 0.2) is 5.28 Å². The van der Waals surface area contributed by atoms with E-state index in [1.54, 1.807) is 0 Å². The second kappa shape index (κ2) is 7.03. The molecule has 0 aromatic heterocycles. The van der Waals surface area contributed by atoms with E-state index >= 15 is 0 Å². The van der Waals surface area contributed by atoms with Gasteiger partial charge in [-0.3, -0.25) is 0 Å². The summed E-state index contributed by atoms with van der Waals surface area (Å²) in [6, 6.07) is 0. The summed E-state index contributed by atoms with van der Waals surface area (Å²) < 4.78 is 0. The van der Waals surface area contributed by atoms with E-state index in [-0.39, 0.29) is 4.97 Å². The van der Waals surface area contributed by atoms with Gasteiger partial charge >= 0.3 is 0 Å². The molecule has 66 valence electrons. The molecule has 0 amide bonds. The van der Waals surface area contributed by atoms with Gasteiger partial charge in [0.1, 0.15) is 0 Å². The number of nitrogens with one attached hydrogen (secondary N) is 2. The van der Waals surface area contributed by atoms with Crippen LogP contribution >= 0.6 is 0 Å². The Morgan fingerprint density at radius 1 is 1.45 bits per heavy atom. The molecule has 0 saturated carbocycles. The fraction of sp³-hybridized carbons (Fsp3) is 1.00. The number of nitrogens with zero attached hydrogens (tertiary/aromatic N) is 2. The van der Waals surface area contributed by atoms with E-state index in [9.17, 15) is 5.21 Å². The summed E-state index contributed by atoms with van der Waals surface area (Å²) in [5.41, 5.74) is 7.43. The lowest BCUT2D eigenvalue weighted by Crippen LogP contribution is -2.33. The monoisotopic (exact) mass is 163 g/mol. The van der Waals surface area contributed by atoms with Crippen LogP contribution in [0.3, 0.4) is 0 Å². The van der Waals surface area contributed by atoms with Crippen LogP contribution in [-0.4, -0.2) is 36.4 Å². The number of hydrazine groups is 1. The van der Waals surface area contributed by atoms with Crippen LogP contribution in [0.4, 0.5) is 0 Å². The zero-order valence-electron chi connectivity index (χ0n) is 6.16. The lowest BCUT2D eigenvalue weighted by atomic mass is 10.6. The summed E-state index contributed by atoms with van der Waals surface area (Å²) in [6.45, 7) is 2.27. The van der Waals surface area contributed by atoms with Gasteiger partial charge in [-0.25, -0.2) is 0 Å². The van der Waals surface area contributed by atoms with Crippen molar-refractivity contribution in [1.29, 1.82) is 0 Å². The van der Waals surface area contributed by atoms with Gasteiger partial charge in [0.15, 0.2) is 0 Å². The average Bonchev–Trinajstić information content (AvgIpc) is 2.04. The highest BCUT2D eigenvalue weighted by Gasteiger charge is 1.90. The van der Waals surface area contributed by atoms with Gasteiger partial charge in [0.25, 0.3) is 0 Å². The van der Waals surface area contributed by atoms with Gasteiger partial charge in [-0.1, -0.05) is 0 Å². The van der Waals surface area contributed by atoms with Crippen molar-refractivity contribution in [1.82, 2.24) is 10.7 Å². The Morgan fingerprint density at radius 2 is 2.18 bits per heavy atom. The molecule has 0 spiro atoms. The van der Waals surface area contributed by atoms with Crippen LogP contribution in [-0.2, 0) is 0 Å². The van der Waals surface area contributed by atoms with E-state index in [0.717, 1.165) is 0 Å². The van der Waals surface area contributed by atoms with Crippen LogP contribution in [0.5, 0.6) is 0 Å². The third-order valence-electron chi connectivity index (χ3n) is 0.951. The van der Waals surface area contributed by atoms with Crippen LogP contribution in [0.25, 0.3) is 0 Å². The van der Waals surface area contributed by atoms with Crippen molar-refractivity contribution in [2.75, 3.05) is 26.2 Å². The maximum Gasteiger partial charge on any atom is 0.230 e. The van der Waals surface area contributed by atoms with Gasteiger partial charge < -0.3 is 21.5 Å². The van der Waals surface area contributed by atoms with E-state index in [4.69, 9.17) is 10.9 Å². The minimum absolute atomic E-state index is 0.00980. The third-order valence-corrected chi connectivity index (χ3v) is 0.951. The molecule has 0 aliphatic heterocycles. The predicted molar refractivity (Wildman–Crippen MR) is 37.8 cm³/mol. The summed E-state index contributed by atoms with van der Waals surface area (Å²) in [6.07, 6.45) is 0. The quantitative estimate of drug-likeness (QED) is 0.163. The molecule has 0 bridgehead atoms. The second-order valence-corrected chi connectivity index (χ2v) is 1.81. The van der Waals surface area contributed by atoms with Gasteiger partial charge in [0.05, 0.1) is 11.5 Å². The first kappa shape index (κ1) is 9.92. The van der Waals surface area contributed by atoms with Crippen molar-refractivity contribution in [3.05, 3.63) is 5.21 Å². The zero-order chi connectivity index (χ0) is 8.53. The van der Waals surface area contributed by atoms with Crippen molar-refractivity contribution in [3.63, 3.8) is 0 Å². The Kier molecular flexibility index (Phi) is 6.34. The van der Waals surface area contributed by atoms with Gasteiger partial charge in [-0.2, -0.15) is 5.43 Å². The van der Waals surface area contributed by atoms with E-state index in [1.165, 1.54) is 0 Å². The molecule has 0 fully saturated rings. The molecule has 0 aromatic rings. The lowest BCUT2D eigenvalue weighted by molar-refractivity contribution is -0.611. The molecular weight excluding hydrogens is 150 g/mol. The zero-order valence-corrected chi connectivity index (χ0v) is 6.16. The number of rotatable bonds is 6. The predicted octanol–water partition coefficient (Wildman–Crippen LogP) is -1.61. The fourth-order valence-corrected chi connectivity index (χ4v) is 0.499. The number of hydrogen-bond acceptors (Lipinski definition) is 4. The van der Waals surface area contributed by atoms with Crippen molar-refractivity contribution in [2.24, 2.45) is 11.0 Å². The van der Waals surface area contributed by atoms with Gasteiger partial charge in [0, 0.05) is 19.6 Å². The molecule has 0 heterocycles. The molecule has 0 aliphatic rings. The fourth-order valence-electron chi connectivity index (χ4n) is 0.499. The SMILES string of the molecule is NCCNCCN[N+]([O-])=NO. The highest BCUT2D eigenvalue weighted by Crippen LogP contribution is 1.63. The molecule has 7 heteroatoms. The highest BCUT2D eigenvalue weighted by atomic mass is 16.6. The average molecular weight is 163 g/mol. The van der Waals surface area contributed by atoms with Crippen molar-refractivity contribution < 1.29 is 10.2 Å². The summed E-state index contributed by atoms with van der Waals surface area (Å²) in [4.78, 5) is -0.00980. The first-order valence-corrected chi connectivity index (χ1v) is 3.28. The lowest BCUT2D eigenvalue weighted by Gasteiger charge is -2.01. The maximum absolute atomic E-state index is 10.2. The summed E-state index contributed by atoms with van der Waals surface area (Å²) >= 11 is 0. The Hall–Kier alpha value is -1.08. The van der Waals surface area contributed by atoms with E-state index < -0.39 is 0 Å². The molecule has 0 radical (unpaired) electrons. The first-order chi connectivity index (χ1) is 5.31. The van der Waals surface area contributed by atoms with E-state index in [2.05, 4.69) is 16.0 Å². The Morgan fingerprint density at radius 3 is 2.73 bits per heavy atom. The van der Waals surface area contributed by atoms with E-state index in [1.807, 2.05) is 0 Å². The van der Waals surface area contributed by atoms with Crippen LogP contribution in [0, 0.1) is 5.21 Å². The molecule has 0 saturated heterocycles. The molecule has 5 N–H and O–H groups in total. The highest BCUT2D eigenvalue weighted by molar-refractivity contribution is 4.46.